The summed E-state index contributed by atoms with van der Waals surface area (Å²) in [7, 11) is 0. The van der Waals surface area contributed by atoms with E-state index in [4.69, 9.17) is 0 Å². The minimum Gasteiger partial charge on any atom is -0.314 e. The highest BCUT2D eigenvalue weighted by Gasteiger charge is 2.27. The van der Waals surface area contributed by atoms with Crippen LogP contribution in [0.1, 0.15) is 31.2 Å². The van der Waals surface area contributed by atoms with Crippen LogP contribution in [0, 0.1) is 5.92 Å². The third-order valence-electron chi connectivity index (χ3n) is 4.77. The van der Waals surface area contributed by atoms with Crippen LogP contribution in [0.2, 0.25) is 0 Å². The predicted molar refractivity (Wildman–Crippen MR) is 85.7 cm³/mol. The van der Waals surface area contributed by atoms with Crippen LogP contribution in [0.15, 0.2) is 36.4 Å². The van der Waals surface area contributed by atoms with E-state index in [1.54, 1.807) is 0 Å². The fourth-order valence-corrected chi connectivity index (χ4v) is 3.55. The molecule has 0 radical (unpaired) electrons. The van der Waals surface area contributed by atoms with Crippen LogP contribution in [-0.2, 0) is 0 Å². The Morgan fingerprint density at radius 2 is 1.90 bits per heavy atom. The van der Waals surface area contributed by atoms with Crippen LogP contribution in [-0.4, -0.2) is 37.1 Å². The van der Waals surface area contributed by atoms with E-state index < -0.39 is 0 Å². The largest absolute Gasteiger partial charge is 0.314 e. The first kappa shape index (κ1) is 13.8. The van der Waals surface area contributed by atoms with Gasteiger partial charge in [-0.2, -0.15) is 0 Å². The monoisotopic (exact) mass is 270 g/mol. The highest BCUT2D eigenvalue weighted by molar-refractivity contribution is 5.48. The van der Waals surface area contributed by atoms with Crippen LogP contribution >= 0.6 is 0 Å². The molecule has 1 aromatic carbocycles. The number of likely N-dealkylation sites (tertiary alicyclic amines) is 1. The topological polar surface area (TPSA) is 15.3 Å². The highest BCUT2D eigenvalue weighted by atomic mass is 15.1. The van der Waals surface area contributed by atoms with Crippen molar-refractivity contribution in [3.8, 4) is 0 Å². The maximum Gasteiger partial charge on any atom is 0.0166 e. The molecule has 1 aromatic rings. The van der Waals surface area contributed by atoms with Crippen LogP contribution in [0.4, 0.5) is 0 Å². The van der Waals surface area contributed by atoms with E-state index in [-0.39, 0.29) is 0 Å². The van der Waals surface area contributed by atoms with Gasteiger partial charge in [-0.1, -0.05) is 42.5 Å². The van der Waals surface area contributed by atoms with Crippen molar-refractivity contribution in [1.29, 1.82) is 0 Å². The summed E-state index contributed by atoms with van der Waals surface area (Å²) in [6, 6.07) is 11.4. The molecule has 0 aliphatic carbocycles. The minimum atomic E-state index is 0.817. The molecule has 2 heterocycles. The molecule has 0 spiro atoms. The van der Waals surface area contributed by atoms with Gasteiger partial charge >= 0.3 is 0 Å². The highest BCUT2D eigenvalue weighted by Crippen LogP contribution is 2.25. The Labute approximate surface area is 122 Å². The van der Waals surface area contributed by atoms with Crippen LogP contribution in [0.5, 0.6) is 0 Å². The van der Waals surface area contributed by atoms with Crippen molar-refractivity contribution in [1.82, 2.24) is 10.2 Å². The second-order valence-electron chi connectivity index (χ2n) is 6.15. The molecule has 0 aromatic heterocycles. The zero-order valence-electron chi connectivity index (χ0n) is 12.3. The van der Waals surface area contributed by atoms with Crippen molar-refractivity contribution in [2.75, 3.05) is 26.2 Å². The number of hydrogen-bond donors (Lipinski definition) is 1. The van der Waals surface area contributed by atoms with Gasteiger partial charge in [0.15, 0.2) is 0 Å². The number of hydrogen-bond acceptors (Lipinski definition) is 2. The summed E-state index contributed by atoms with van der Waals surface area (Å²) in [6.45, 7) is 4.87. The lowest BCUT2D eigenvalue weighted by atomic mass is 9.88. The van der Waals surface area contributed by atoms with Gasteiger partial charge in [-0.05, 0) is 56.8 Å². The average molecular weight is 270 g/mol. The lowest BCUT2D eigenvalue weighted by molar-refractivity contribution is 0.177. The van der Waals surface area contributed by atoms with E-state index in [1.807, 2.05) is 0 Å². The maximum atomic E-state index is 3.67. The Balaban J connectivity index is 1.41. The molecule has 1 N–H and O–H groups in total. The molecular formula is C18H26N2. The Hall–Kier alpha value is -1.12. The van der Waals surface area contributed by atoms with Crippen molar-refractivity contribution < 1.29 is 0 Å². The summed E-state index contributed by atoms with van der Waals surface area (Å²) in [5.74, 6) is 0.923. The van der Waals surface area contributed by atoms with Crippen LogP contribution < -0.4 is 5.32 Å². The lowest BCUT2D eigenvalue weighted by Crippen LogP contribution is -2.40. The summed E-state index contributed by atoms with van der Waals surface area (Å²) < 4.78 is 0. The molecule has 20 heavy (non-hydrogen) atoms. The summed E-state index contributed by atoms with van der Waals surface area (Å²) in [4.78, 5) is 2.59. The Morgan fingerprint density at radius 3 is 2.60 bits per heavy atom. The average Bonchev–Trinajstić information content (AvgIpc) is 3.03. The van der Waals surface area contributed by atoms with E-state index in [9.17, 15) is 0 Å². The first-order valence-electron chi connectivity index (χ1n) is 8.09. The first-order valence-corrected chi connectivity index (χ1v) is 8.09. The molecule has 3 rings (SSSR count). The number of nitrogens with one attached hydrogen (secondary N) is 1. The van der Waals surface area contributed by atoms with E-state index >= 15 is 0 Å². The maximum absolute atomic E-state index is 3.67. The van der Waals surface area contributed by atoms with Gasteiger partial charge in [0.1, 0.15) is 0 Å². The predicted octanol–water partition coefficient (Wildman–Crippen LogP) is 3.16. The minimum absolute atomic E-state index is 0.817. The van der Waals surface area contributed by atoms with Crippen molar-refractivity contribution in [2.24, 2.45) is 5.92 Å². The van der Waals surface area contributed by atoms with Gasteiger partial charge in [0, 0.05) is 12.6 Å². The number of nitrogens with zero attached hydrogens (tertiary/aromatic N) is 1. The van der Waals surface area contributed by atoms with Crippen molar-refractivity contribution in [2.45, 2.75) is 31.7 Å². The fraction of sp³-hybridized carbons (Fsp3) is 0.556. The number of benzene rings is 1. The molecule has 2 saturated heterocycles. The quantitative estimate of drug-likeness (QED) is 0.904. The Kier molecular flexibility index (Phi) is 4.88. The van der Waals surface area contributed by atoms with E-state index in [1.165, 1.54) is 50.9 Å². The van der Waals surface area contributed by atoms with Crippen molar-refractivity contribution >= 4 is 6.08 Å². The van der Waals surface area contributed by atoms with Gasteiger partial charge in [0.25, 0.3) is 0 Å². The lowest BCUT2D eigenvalue weighted by Gasteiger charge is -2.34. The van der Waals surface area contributed by atoms with Gasteiger partial charge in [-0.15, -0.1) is 0 Å². The molecule has 2 aliphatic rings. The molecule has 2 heteroatoms. The van der Waals surface area contributed by atoms with Gasteiger partial charge in [0.05, 0.1) is 0 Å². The fourth-order valence-electron chi connectivity index (χ4n) is 3.55. The van der Waals surface area contributed by atoms with E-state index in [0.29, 0.717) is 0 Å². The molecule has 2 fully saturated rings. The normalized spacial score (nSPS) is 25.5. The number of rotatable bonds is 4. The van der Waals surface area contributed by atoms with Crippen molar-refractivity contribution in [3.05, 3.63) is 42.0 Å². The molecule has 0 bridgehead atoms. The third kappa shape index (κ3) is 3.71. The zero-order chi connectivity index (χ0) is 13.6. The molecule has 2 nitrogen and oxygen atoms in total. The van der Waals surface area contributed by atoms with Gasteiger partial charge < -0.3 is 5.32 Å². The molecule has 0 amide bonds. The standard InChI is InChI=1S/C18H26N2/c1-2-6-16(7-3-1)8-5-13-20-14-10-17(11-15-20)18-9-4-12-19-18/h1-3,5-8,17-19H,4,9-15H2/b8-5+. The van der Waals surface area contributed by atoms with Crippen molar-refractivity contribution in [3.63, 3.8) is 0 Å². The van der Waals surface area contributed by atoms with Gasteiger partial charge in [-0.3, -0.25) is 4.90 Å². The third-order valence-corrected chi connectivity index (χ3v) is 4.77. The molecule has 1 unspecified atom stereocenters. The van der Waals surface area contributed by atoms with Crippen LogP contribution in [0.25, 0.3) is 6.08 Å². The summed E-state index contributed by atoms with van der Waals surface area (Å²) >= 11 is 0. The Bertz CT molecular complexity index is 412. The first-order chi connectivity index (χ1) is 9.92. The second kappa shape index (κ2) is 7.05. The summed E-state index contributed by atoms with van der Waals surface area (Å²) in [5.41, 5.74) is 1.30. The Morgan fingerprint density at radius 1 is 1.10 bits per heavy atom. The molecule has 108 valence electrons. The summed E-state index contributed by atoms with van der Waals surface area (Å²) in [5, 5.41) is 3.67. The zero-order valence-corrected chi connectivity index (χ0v) is 12.3. The molecule has 2 aliphatic heterocycles. The second-order valence-corrected chi connectivity index (χ2v) is 6.15. The van der Waals surface area contributed by atoms with Crippen LogP contribution in [0.3, 0.4) is 0 Å². The summed E-state index contributed by atoms with van der Waals surface area (Å²) in [6.07, 6.45) is 10.1. The van der Waals surface area contributed by atoms with Gasteiger partial charge in [-0.25, -0.2) is 0 Å². The van der Waals surface area contributed by atoms with E-state index in [2.05, 4.69) is 52.7 Å². The molecule has 1 atom stereocenters. The van der Waals surface area contributed by atoms with Gasteiger partial charge in [0.2, 0.25) is 0 Å². The molecule has 0 saturated carbocycles. The SMILES string of the molecule is C(=C\c1ccccc1)/CN1CCC(C2CCCN2)CC1. The molecular weight excluding hydrogens is 244 g/mol. The number of piperidine rings is 1. The smallest absolute Gasteiger partial charge is 0.0166 e. The van der Waals surface area contributed by atoms with E-state index in [0.717, 1.165) is 18.5 Å².